The van der Waals surface area contributed by atoms with Gasteiger partial charge in [-0.1, -0.05) is 0 Å². The van der Waals surface area contributed by atoms with Gasteiger partial charge in [-0.2, -0.15) is 13.2 Å². The van der Waals surface area contributed by atoms with Crippen LogP contribution in [0.2, 0.25) is 0 Å². The molecular formula is C13H16F3NO2. The van der Waals surface area contributed by atoms with Crippen molar-refractivity contribution in [3.05, 3.63) is 29.3 Å². The molecule has 19 heavy (non-hydrogen) atoms. The van der Waals surface area contributed by atoms with E-state index in [4.69, 9.17) is 15.2 Å². The van der Waals surface area contributed by atoms with E-state index in [1.165, 1.54) is 6.07 Å². The molecule has 0 amide bonds. The van der Waals surface area contributed by atoms with Crippen molar-refractivity contribution >= 4 is 0 Å². The largest absolute Gasteiger partial charge is 0.491 e. The number of ether oxygens (including phenoxy) is 2. The number of rotatable bonds is 4. The Bertz CT molecular complexity index is 428. The molecule has 6 heteroatoms. The van der Waals surface area contributed by atoms with Crippen LogP contribution in [-0.4, -0.2) is 19.3 Å². The van der Waals surface area contributed by atoms with Crippen molar-refractivity contribution in [3.8, 4) is 5.75 Å². The molecule has 2 rings (SSSR count). The summed E-state index contributed by atoms with van der Waals surface area (Å²) in [6.07, 6.45) is -2.44. The molecule has 1 aromatic carbocycles. The van der Waals surface area contributed by atoms with E-state index in [0.29, 0.717) is 24.5 Å². The Balaban J connectivity index is 2.07. The average molecular weight is 275 g/mol. The predicted molar refractivity (Wildman–Crippen MR) is 63.8 cm³/mol. The van der Waals surface area contributed by atoms with Crippen LogP contribution in [0, 0.1) is 0 Å². The molecule has 0 spiro atoms. The van der Waals surface area contributed by atoms with E-state index >= 15 is 0 Å². The molecule has 0 aromatic heterocycles. The number of halogens is 3. The van der Waals surface area contributed by atoms with E-state index in [0.717, 1.165) is 25.0 Å². The third-order valence-corrected chi connectivity index (χ3v) is 3.06. The summed E-state index contributed by atoms with van der Waals surface area (Å²) in [6.45, 7) is 1.06. The Kier molecular flexibility index (Phi) is 4.31. The van der Waals surface area contributed by atoms with Gasteiger partial charge >= 0.3 is 6.18 Å². The van der Waals surface area contributed by atoms with Gasteiger partial charge in [-0.3, -0.25) is 0 Å². The Morgan fingerprint density at radius 3 is 2.74 bits per heavy atom. The highest BCUT2D eigenvalue weighted by Gasteiger charge is 2.31. The lowest BCUT2D eigenvalue weighted by Gasteiger charge is -2.15. The van der Waals surface area contributed by atoms with Crippen LogP contribution in [0.4, 0.5) is 13.2 Å². The molecule has 1 aliphatic heterocycles. The summed E-state index contributed by atoms with van der Waals surface area (Å²) in [5.74, 6) is 0.394. The van der Waals surface area contributed by atoms with Gasteiger partial charge in [0.2, 0.25) is 0 Å². The fourth-order valence-electron chi connectivity index (χ4n) is 2.01. The number of benzene rings is 1. The van der Waals surface area contributed by atoms with Gasteiger partial charge in [-0.05, 0) is 31.0 Å². The average Bonchev–Trinajstić information content (AvgIpc) is 2.88. The van der Waals surface area contributed by atoms with Gasteiger partial charge in [0.15, 0.2) is 0 Å². The van der Waals surface area contributed by atoms with Crippen molar-refractivity contribution in [3.63, 3.8) is 0 Å². The van der Waals surface area contributed by atoms with Gasteiger partial charge < -0.3 is 15.2 Å². The Morgan fingerprint density at radius 1 is 1.37 bits per heavy atom. The van der Waals surface area contributed by atoms with Crippen molar-refractivity contribution in [2.24, 2.45) is 5.73 Å². The van der Waals surface area contributed by atoms with Gasteiger partial charge in [-0.15, -0.1) is 0 Å². The Morgan fingerprint density at radius 2 is 2.16 bits per heavy atom. The Hall–Kier alpha value is -1.27. The lowest BCUT2D eigenvalue weighted by molar-refractivity contribution is -0.137. The second kappa shape index (κ2) is 5.79. The number of hydrogen-bond acceptors (Lipinski definition) is 3. The van der Waals surface area contributed by atoms with Crippen LogP contribution in [0.1, 0.15) is 24.0 Å². The van der Waals surface area contributed by atoms with Crippen molar-refractivity contribution in [1.29, 1.82) is 0 Å². The molecular weight excluding hydrogens is 259 g/mol. The fourth-order valence-corrected chi connectivity index (χ4v) is 2.01. The lowest BCUT2D eigenvalue weighted by atomic mass is 10.1. The third kappa shape index (κ3) is 3.61. The summed E-state index contributed by atoms with van der Waals surface area (Å²) < 4.78 is 48.6. The first-order chi connectivity index (χ1) is 9.00. The zero-order valence-corrected chi connectivity index (χ0v) is 10.4. The summed E-state index contributed by atoms with van der Waals surface area (Å²) in [7, 11) is 0. The van der Waals surface area contributed by atoms with E-state index in [-0.39, 0.29) is 12.6 Å². The molecule has 0 saturated carbocycles. The van der Waals surface area contributed by atoms with Gasteiger partial charge in [0.05, 0.1) is 11.7 Å². The minimum absolute atomic E-state index is 0.00474. The normalized spacial score (nSPS) is 19.7. The highest BCUT2D eigenvalue weighted by molar-refractivity contribution is 5.38. The fraction of sp³-hybridized carbons (Fsp3) is 0.538. The van der Waals surface area contributed by atoms with E-state index in [2.05, 4.69) is 0 Å². The summed E-state index contributed by atoms with van der Waals surface area (Å²) in [6, 6.07) is 3.36. The van der Waals surface area contributed by atoms with Crippen LogP contribution < -0.4 is 10.5 Å². The van der Waals surface area contributed by atoms with E-state index in [9.17, 15) is 13.2 Å². The molecule has 0 bridgehead atoms. The minimum Gasteiger partial charge on any atom is -0.491 e. The second-order valence-electron chi connectivity index (χ2n) is 4.47. The van der Waals surface area contributed by atoms with Crippen molar-refractivity contribution in [2.75, 3.05) is 13.2 Å². The van der Waals surface area contributed by atoms with Crippen LogP contribution in [0.3, 0.4) is 0 Å². The summed E-state index contributed by atoms with van der Waals surface area (Å²) in [4.78, 5) is 0. The van der Waals surface area contributed by atoms with Crippen LogP contribution in [0.25, 0.3) is 0 Å². The number of alkyl halides is 3. The van der Waals surface area contributed by atoms with Gasteiger partial charge in [0, 0.05) is 18.7 Å². The Labute approximate surface area is 109 Å². The highest BCUT2D eigenvalue weighted by atomic mass is 19.4. The maximum Gasteiger partial charge on any atom is 0.416 e. The maximum atomic E-state index is 12.6. The molecule has 0 aliphatic carbocycles. The number of nitrogens with two attached hydrogens (primary N) is 1. The molecule has 2 N–H and O–H groups in total. The molecule has 1 aliphatic rings. The first kappa shape index (κ1) is 14.1. The van der Waals surface area contributed by atoms with Crippen molar-refractivity contribution in [1.82, 2.24) is 0 Å². The molecule has 1 saturated heterocycles. The molecule has 1 fully saturated rings. The smallest absolute Gasteiger partial charge is 0.416 e. The van der Waals surface area contributed by atoms with Crippen molar-refractivity contribution in [2.45, 2.75) is 31.7 Å². The summed E-state index contributed by atoms with van der Waals surface area (Å²) >= 11 is 0. The second-order valence-corrected chi connectivity index (χ2v) is 4.47. The summed E-state index contributed by atoms with van der Waals surface area (Å²) in [5.41, 5.74) is 5.11. The highest BCUT2D eigenvalue weighted by Crippen LogP contribution is 2.32. The predicted octanol–water partition coefficient (Wildman–Crippen LogP) is 2.72. The van der Waals surface area contributed by atoms with E-state index in [1.807, 2.05) is 0 Å². The molecule has 3 nitrogen and oxygen atoms in total. The van der Waals surface area contributed by atoms with E-state index < -0.39 is 11.7 Å². The lowest BCUT2D eigenvalue weighted by Crippen LogP contribution is -2.17. The summed E-state index contributed by atoms with van der Waals surface area (Å²) in [5, 5.41) is 0. The molecule has 1 aromatic rings. The van der Waals surface area contributed by atoms with Gasteiger partial charge in [0.1, 0.15) is 12.4 Å². The molecule has 106 valence electrons. The SMILES string of the molecule is NCc1cc(C(F)(F)F)ccc1OCC1CCCO1. The zero-order valence-electron chi connectivity index (χ0n) is 10.4. The van der Waals surface area contributed by atoms with Crippen LogP contribution in [0.5, 0.6) is 5.75 Å². The topological polar surface area (TPSA) is 44.5 Å². The third-order valence-electron chi connectivity index (χ3n) is 3.06. The van der Waals surface area contributed by atoms with Gasteiger partial charge in [-0.25, -0.2) is 0 Å². The van der Waals surface area contributed by atoms with Crippen LogP contribution in [-0.2, 0) is 17.5 Å². The first-order valence-corrected chi connectivity index (χ1v) is 6.15. The molecule has 1 unspecified atom stereocenters. The van der Waals surface area contributed by atoms with Crippen LogP contribution in [0.15, 0.2) is 18.2 Å². The standard InChI is InChI=1S/C13H16F3NO2/c14-13(15,16)10-3-4-12(9(6-10)7-17)19-8-11-2-1-5-18-11/h3-4,6,11H,1-2,5,7-8,17H2. The minimum atomic E-state index is -4.36. The van der Waals surface area contributed by atoms with Crippen LogP contribution >= 0.6 is 0 Å². The molecule has 1 heterocycles. The monoisotopic (exact) mass is 275 g/mol. The van der Waals surface area contributed by atoms with E-state index in [1.54, 1.807) is 0 Å². The number of hydrogen-bond donors (Lipinski definition) is 1. The maximum absolute atomic E-state index is 12.6. The van der Waals surface area contributed by atoms with Crippen molar-refractivity contribution < 1.29 is 22.6 Å². The first-order valence-electron chi connectivity index (χ1n) is 6.15. The quantitative estimate of drug-likeness (QED) is 0.919. The molecule has 1 atom stereocenters. The zero-order chi connectivity index (χ0) is 13.9. The molecule has 0 radical (unpaired) electrons. The van der Waals surface area contributed by atoms with Gasteiger partial charge in [0.25, 0.3) is 0 Å².